The van der Waals surface area contributed by atoms with Crippen LogP contribution in [0, 0.1) is 6.92 Å². The van der Waals surface area contributed by atoms with Gasteiger partial charge >= 0.3 is 12.1 Å². The molecule has 44 heavy (non-hydrogen) atoms. The zero-order valence-corrected chi connectivity index (χ0v) is 27.7. The van der Waals surface area contributed by atoms with Crippen LogP contribution in [0.1, 0.15) is 96.9 Å². The topological polar surface area (TPSA) is 114 Å². The van der Waals surface area contributed by atoms with Gasteiger partial charge in [-0.2, -0.15) is 0 Å². The number of rotatable bonds is 14. The van der Waals surface area contributed by atoms with Gasteiger partial charge in [0.2, 0.25) is 11.8 Å². The third kappa shape index (κ3) is 13.2. The first-order valence-corrected chi connectivity index (χ1v) is 15.5. The third-order valence-electron chi connectivity index (χ3n) is 6.60. The van der Waals surface area contributed by atoms with Gasteiger partial charge in [0, 0.05) is 13.0 Å². The number of esters is 1. The molecule has 2 rings (SSSR count). The summed E-state index contributed by atoms with van der Waals surface area (Å²) in [6.07, 6.45) is 3.02. The van der Waals surface area contributed by atoms with E-state index in [1.807, 2.05) is 61.5 Å². The number of nitrogens with zero attached hydrogens (tertiary/aromatic N) is 1. The number of carbonyl (C=O) groups excluding carboxylic acids is 4. The Kier molecular flexibility index (Phi) is 13.9. The van der Waals surface area contributed by atoms with Gasteiger partial charge < -0.3 is 25.0 Å². The average molecular weight is 610 g/mol. The standard InChI is InChI=1S/C35H51N3O6/c1-9-10-11-15-22-38(29(39)24-36-33(42)44-35(6,7)8)30(27-20-18-25(2)19-21-27)31(40)37-28(32(41)43-34(3,4)5)23-26-16-13-12-14-17-26/h12-14,16-21,28,30H,9-11,15,22-24H2,1-8H3,(H,36,42)(H,37,40). The highest BCUT2D eigenvalue weighted by Crippen LogP contribution is 2.24. The highest BCUT2D eigenvalue weighted by Gasteiger charge is 2.35. The van der Waals surface area contributed by atoms with E-state index in [0.29, 0.717) is 12.0 Å². The quantitative estimate of drug-likeness (QED) is 0.199. The van der Waals surface area contributed by atoms with Gasteiger partial charge in [-0.3, -0.25) is 9.59 Å². The molecule has 0 saturated carbocycles. The number of amides is 3. The maximum atomic E-state index is 14.2. The molecular formula is C35H51N3O6. The van der Waals surface area contributed by atoms with Gasteiger partial charge in [-0.1, -0.05) is 86.3 Å². The second-order valence-electron chi connectivity index (χ2n) is 13.1. The zero-order chi connectivity index (χ0) is 32.9. The van der Waals surface area contributed by atoms with E-state index >= 15 is 0 Å². The molecule has 2 aromatic carbocycles. The summed E-state index contributed by atoms with van der Waals surface area (Å²) < 4.78 is 11.0. The minimum absolute atomic E-state index is 0.215. The smallest absolute Gasteiger partial charge is 0.408 e. The summed E-state index contributed by atoms with van der Waals surface area (Å²) in [7, 11) is 0. The van der Waals surface area contributed by atoms with Crippen LogP contribution in [0.4, 0.5) is 4.79 Å². The molecule has 2 atom stereocenters. The number of hydrogen-bond donors (Lipinski definition) is 2. The minimum atomic E-state index is -1.05. The number of nitrogens with one attached hydrogen (secondary N) is 2. The van der Waals surface area contributed by atoms with Crippen LogP contribution in [0.15, 0.2) is 54.6 Å². The number of unbranched alkanes of at least 4 members (excludes halogenated alkanes) is 3. The number of benzene rings is 2. The summed E-state index contributed by atoms with van der Waals surface area (Å²) in [5, 5.41) is 5.45. The van der Waals surface area contributed by atoms with Crippen molar-refractivity contribution < 1.29 is 28.7 Å². The molecule has 0 saturated heterocycles. The molecule has 0 aromatic heterocycles. The first kappa shape index (κ1) is 36.3. The average Bonchev–Trinajstić information content (AvgIpc) is 2.92. The van der Waals surface area contributed by atoms with Crippen molar-refractivity contribution in [3.8, 4) is 0 Å². The van der Waals surface area contributed by atoms with Crippen molar-refractivity contribution >= 4 is 23.9 Å². The zero-order valence-electron chi connectivity index (χ0n) is 27.7. The molecule has 0 aliphatic heterocycles. The molecule has 242 valence electrons. The van der Waals surface area contributed by atoms with E-state index in [0.717, 1.165) is 30.4 Å². The normalized spacial score (nSPS) is 12.9. The number of alkyl carbamates (subject to hydrolysis) is 1. The molecule has 9 nitrogen and oxygen atoms in total. The fraction of sp³-hybridized carbons (Fsp3) is 0.543. The molecule has 0 aliphatic rings. The molecule has 9 heteroatoms. The van der Waals surface area contributed by atoms with Crippen LogP contribution in [0.25, 0.3) is 0 Å². The largest absolute Gasteiger partial charge is 0.458 e. The Morgan fingerprint density at radius 2 is 1.43 bits per heavy atom. The summed E-state index contributed by atoms with van der Waals surface area (Å²) >= 11 is 0. The Morgan fingerprint density at radius 1 is 0.818 bits per heavy atom. The van der Waals surface area contributed by atoms with Crippen LogP contribution >= 0.6 is 0 Å². The van der Waals surface area contributed by atoms with Crippen molar-refractivity contribution in [3.05, 3.63) is 71.3 Å². The Bertz CT molecular complexity index is 1220. The molecular weight excluding hydrogens is 558 g/mol. The summed E-state index contributed by atoms with van der Waals surface area (Å²) in [5.41, 5.74) is 0.950. The van der Waals surface area contributed by atoms with Crippen LogP contribution in [-0.2, 0) is 30.3 Å². The van der Waals surface area contributed by atoms with Crippen LogP contribution in [0.3, 0.4) is 0 Å². The van der Waals surface area contributed by atoms with Gasteiger partial charge in [-0.15, -0.1) is 0 Å². The molecule has 0 spiro atoms. The Balaban J connectivity index is 2.46. The molecule has 2 N–H and O–H groups in total. The van der Waals surface area contributed by atoms with Crippen molar-refractivity contribution in [2.24, 2.45) is 0 Å². The van der Waals surface area contributed by atoms with Crippen LogP contribution in [-0.4, -0.2) is 59.1 Å². The van der Waals surface area contributed by atoms with Crippen LogP contribution in [0.2, 0.25) is 0 Å². The van der Waals surface area contributed by atoms with Crippen molar-refractivity contribution in [2.45, 2.75) is 111 Å². The molecule has 0 radical (unpaired) electrons. The van der Waals surface area contributed by atoms with Crippen LogP contribution in [0.5, 0.6) is 0 Å². The van der Waals surface area contributed by atoms with Crippen molar-refractivity contribution in [3.63, 3.8) is 0 Å². The number of hydrogen-bond acceptors (Lipinski definition) is 6. The predicted molar refractivity (Wildman–Crippen MR) is 172 cm³/mol. The maximum absolute atomic E-state index is 14.2. The molecule has 0 bridgehead atoms. The Labute approximate surface area is 263 Å². The van der Waals surface area contributed by atoms with Gasteiger partial charge in [0.05, 0.1) is 0 Å². The maximum Gasteiger partial charge on any atom is 0.408 e. The van der Waals surface area contributed by atoms with Gasteiger partial charge in [0.25, 0.3) is 0 Å². The molecule has 0 aliphatic carbocycles. The molecule has 2 unspecified atom stereocenters. The van der Waals surface area contributed by atoms with Crippen molar-refractivity contribution in [2.75, 3.05) is 13.1 Å². The summed E-state index contributed by atoms with van der Waals surface area (Å²) in [6, 6.07) is 14.7. The third-order valence-corrected chi connectivity index (χ3v) is 6.60. The van der Waals surface area contributed by atoms with E-state index in [4.69, 9.17) is 9.47 Å². The van der Waals surface area contributed by atoms with E-state index in [9.17, 15) is 19.2 Å². The predicted octanol–water partition coefficient (Wildman–Crippen LogP) is 6.04. The van der Waals surface area contributed by atoms with E-state index in [1.165, 1.54) is 4.90 Å². The second-order valence-corrected chi connectivity index (χ2v) is 13.1. The molecule has 0 heterocycles. The number of carbonyl (C=O) groups is 4. The Hall–Kier alpha value is -3.88. The summed E-state index contributed by atoms with van der Waals surface area (Å²) in [4.78, 5) is 55.2. The fourth-order valence-corrected chi connectivity index (χ4v) is 4.56. The first-order valence-electron chi connectivity index (χ1n) is 15.5. The van der Waals surface area contributed by atoms with E-state index in [2.05, 4.69) is 17.6 Å². The summed E-state index contributed by atoms with van der Waals surface area (Å²) in [6.45, 7) is 14.5. The molecule has 0 fully saturated rings. The second kappa shape index (κ2) is 16.8. The first-order chi connectivity index (χ1) is 20.6. The monoisotopic (exact) mass is 609 g/mol. The van der Waals surface area contributed by atoms with Gasteiger partial charge in [-0.05, 0) is 66.0 Å². The molecule has 3 amide bonds. The fourth-order valence-electron chi connectivity index (χ4n) is 4.56. The van der Waals surface area contributed by atoms with E-state index in [-0.39, 0.29) is 19.5 Å². The highest BCUT2D eigenvalue weighted by atomic mass is 16.6. The lowest BCUT2D eigenvalue weighted by Crippen LogP contribution is -2.52. The van der Waals surface area contributed by atoms with Crippen LogP contribution < -0.4 is 10.6 Å². The van der Waals surface area contributed by atoms with E-state index in [1.54, 1.807) is 41.5 Å². The SMILES string of the molecule is CCCCCCN(C(=O)CNC(=O)OC(C)(C)C)C(C(=O)NC(Cc1ccccc1)C(=O)OC(C)(C)C)c1ccc(C)cc1. The van der Waals surface area contributed by atoms with Crippen molar-refractivity contribution in [1.29, 1.82) is 0 Å². The van der Waals surface area contributed by atoms with Crippen molar-refractivity contribution in [1.82, 2.24) is 15.5 Å². The number of aryl methyl sites for hydroxylation is 1. The van der Waals surface area contributed by atoms with Gasteiger partial charge in [0.15, 0.2) is 0 Å². The summed E-state index contributed by atoms with van der Waals surface area (Å²) in [5.74, 6) is -1.52. The molecule has 2 aromatic rings. The lowest BCUT2D eigenvalue weighted by atomic mass is 10.00. The van der Waals surface area contributed by atoms with E-state index < -0.39 is 47.2 Å². The minimum Gasteiger partial charge on any atom is -0.458 e. The Morgan fingerprint density at radius 3 is 2.00 bits per heavy atom. The van der Waals surface area contributed by atoms with Gasteiger partial charge in [-0.25, -0.2) is 9.59 Å². The number of ether oxygens (including phenoxy) is 2. The lowest BCUT2D eigenvalue weighted by Gasteiger charge is -2.33. The lowest BCUT2D eigenvalue weighted by molar-refractivity contribution is -0.159. The highest BCUT2D eigenvalue weighted by molar-refractivity contribution is 5.92. The van der Waals surface area contributed by atoms with Gasteiger partial charge in [0.1, 0.15) is 29.8 Å².